The molecule has 0 saturated carbocycles. The highest BCUT2D eigenvalue weighted by atomic mass is 32.2. The van der Waals surface area contributed by atoms with Gasteiger partial charge in [-0.25, -0.2) is 13.1 Å². The van der Waals surface area contributed by atoms with Crippen LogP contribution in [0.3, 0.4) is 0 Å². The molecule has 27 heavy (non-hydrogen) atoms. The van der Waals surface area contributed by atoms with E-state index in [0.717, 1.165) is 30.8 Å². The Morgan fingerprint density at radius 1 is 1.33 bits per heavy atom. The Balaban J connectivity index is 1.48. The molecule has 1 N–H and O–H groups in total. The minimum atomic E-state index is -3.02. The average molecular weight is 388 g/mol. The molecular weight excluding hydrogens is 364 g/mol. The van der Waals surface area contributed by atoms with Gasteiger partial charge >= 0.3 is 0 Å². The summed E-state index contributed by atoms with van der Waals surface area (Å²) in [6.07, 6.45) is 2.60. The van der Waals surface area contributed by atoms with Crippen LogP contribution in [0.5, 0.6) is 0 Å². The van der Waals surface area contributed by atoms with Crippen LogP contribution in [0.4, 0.5) is 11.5 Å². The highest BCUT2D eigenvalue weighted by molar-refractivity contribution is 7.91. The van der Waals surface area contributed by atoms with Crippen LogP contribution in [-0.2, 0) is 21.1 Å². The number of aromatic nitrogens is 2. The summed E-state index contributed by atoms with van der Waals surface area (Å²) in [6, 6.07) is 9.77. The number of rotatable bonds is 4. The summed E-state index contributed by atoms with van der Waals surface area (Å²) in [5, 5.41) is 7.36. The van der Waals surface area contributed by atoms with Gasteiger partial charge in [0.15, 0.2) is 9.84 Å². The molecule has 3 heterocycles. The predicted molar refractivity (Wildman–Crippen MR) is 105 cm³/mol. The van der Waals surface area contributed by atoms with E-state index in [9.17, 15) is 13.2 Å². The molecule has 7 nitrogen and oxygen atoms in total. The molecule has 0 aliphatic carbocycles. The lowest BCUT2D eigenvalue weighted by molar-refractivity contribution is -0.115. The first-order valence-electron chi connectivity index (χ1n) is 9.30. The number of anilines is 2. The van der Waals surface area contributed by atoms with Crippen LogP contribution in [0, 0.1) is 6.92 Å². The molecule has 0 unspecified atom stereocenters. The third-order valence-electron chi connectivity index (χ3n) is 5.22. The molecular formula is C19H24N4O3S. The SMILES string of the molecule is Cc1cc(NC(=O)CN2CCCc3ccccc32)n([C@H]2CCS(=O)(=O)C2)n1. The summed E-state index contributed by atoms with van der Waals surface area (Å²) < 4.78 is 25.3. The van der Waals surface area contributed by atoms with Crippen LogP contribution in [0.2, 0.25) is 0 Å². The Bertz CT molecular complexity index is 967. The van der Waals surface area contributed by atoms with Crippen molar-refractivity contribution in [2.45, 2.75) is 32.2 Å². The van der Waals surface area contributed by atoms with E-state index in [1.165, 1.54) is 5.56 Å². The topological polar surface area (TPSA) is 84.3 Å². The summed E-state index contributed by atoms with van der Waals surface area (Å²) in [5.74, 6) is 0.712. The second-order valence-electron chi connectivity index (χ2n) is 7.37. The van der Waals surface area contributed by atoms with Crippen molar-refractivity contribution in [1.82, 2.24) is 9.78 Å². The van der Waals surface area contributed by atoms with Crippen molar-refractivity contribution in [2.75, 3.05) is 34.8 Å². The highest BCUT2D eigenvalue weighted by Gasteiger charge is 2.31. The van der Waals surface area contributed by atoms with E-state index in [0.29, 0.717) is 12.2 Å². The van der Waals surface area contributed by atoms with Crippen LogP contribution in [0.15, 0.2) is 30.3 Å². The maximum absolute atomic E-state index is 12.7. The molecule has 4 rings (SSSR count). The fraction of sp³-hybridized carbons (Fsp3) is 0.474. The molecule has 1 aromatic heterocycles. The summed E-state index contributed by atoms with van der Waals surface area (Å²) in [5.41, 5.74) is 3.15. The minimum Gasteiger partial charge on any atom is -0.362 e. The van der Waals surface area contributed by atoms with E-state index in [-0.39, 0.29) is 30.0 Å². The lowest BCUT2D eigenvalue weighted by atomic mass is 10.0. The highest BCUT2D eigenvalue weighted by Crippen LogP contribution is 2.28. The van der Waals surface area contributed by atoms with Gasteiger partial charge in [0.2, 0.25) is 5.91 Å². The average Bonchev–Trinajstić information content (AvgIpc) is 3.17. The van der Waals surface area contributed by atoms with Crippen molar-refractivity contribution < 1.29 is 13.2 Å². The molecule has 2 aliphatic rings. The van der Waals surface area contributed by atoms with Gasteiger partial charge in [0, 0.05) is 18.3 Å². The van der Waals surface area contributed by atoms with E-state index in [2.05, 4.69) is 27.4 Å². The van der Waals surface area contributed by atoms with Crippen LogP contribution in [0.1, 0.15) is 30.1 Å². The number of fused-ring (bicyclic) bond motifs is 1. The third kappa shape index (κ3) is 3.85. The van der Waals surface area contributed by atoms with Gasteiger partial charge in [0.25, 0.3) is 0 Å². The van der Waals surface area contributed by atoms with Crippen molar-refractivity contribution >= 4 is 27.2 Å². The smallest absolute Gasteiger partial charge is 0.245 e. The quantitative estimate of drug-likeness (QED) is 0.865. The molecule has 1 amide bonds. The van der Waals surface area contributed by atoms with Crippen molar-refractivity contribution in [1.29, 1.82) is 0 Å². The van der Waals surface area contributed by atoms with E-state index in [1.54, 1.807) is 10.7 Å². The lowest BCUT2D eigenvalue weighted by Crippen LogP contribution is -2.37. The molecule has 0 spiro atoms. The number of nitrogens with zero attached hydrogens (tertiary/aromatic N) is 3. The Hall–Kier alpha value is -2.35. The molecule has 144 valence electrons. The van der Waals surface area contributed by atoms with Gasteiger partial charge in [0.05, 0.1) is 29.8 Å². The standard InChI is InChI=1S/C19H24N4O3S/c1-14-11-18(23(21-14)16-8-10-27(25,26)13-16)20-19(24)12-22-9-4-6-15-5-2-3-7-17(15)22/h2-3,5,7,11,16H,4,6,8-10,12-13H2,1H3,(H,20,24)/t16-/m0/s1. The number of benzene rings is 1. The molecule has 1 saturated heterocycles. The Morgan fingerprint density at radius 2 is 2.15 bits per heavy atom. The van der Waals surface area contributed by atoms with Crippen molar-refractivity contribution in [2.24, 2.45) is 0 Å². The second-order valence-corrected chi connectivity index (χ2v) is 9.60. The fourth-order valence-corrected chi connectivity index (χ4v) is 5.68. The van der Waals surface area contributed by atoms with E-state index >= 15 is 0 Å². The number of hydrogen-bond acceptors (Lipinski definition) is 5. The first-order valence-corrected chi connectivity index (χ1v) is 11.1. The number of nitrogens with one attached hydrogen (secondary N) is 1. The van der Waals surface area contributed by atoms with Gasteiger partial charge in [-0.2, -0.15) is 5.10 Å². The maximum Gasteiger partial charge on any atom is 0.245 e. The van der Waals surface area contributed by atoms with Gasteiger partial charge in [-0.3, -0.25) is 4.79 Å². The molecule has 1 fully saturated rings. The predicted octanol–water partition coefficient (Wildman–Crippen LogP) is 1.94. The van der Waals surface area contributed by atoms with Crippen LogP contribution >= 0.6 is 0 Å². The summed E-state index contributed by atoms with van der Waals surface area (Å²) in [7, 11) is -3.02. The number of carbonyl (C=O) groups is 1. The Morgan fingerprint density at radius 3 is 2.93 bits per heavy atom. The Labute approximate surface area is 159 Å². The molecule has 1 atom stereocenters. The van der Waals surface area contributed by atoms with Crippen molar-refractivity contribution in [3.8, 4) is 0 Å². The molecule has 0 bridgehead atoms. The first kappa shape index (κ1) is 18.0. The van der Waals surface area contributed by atoms with Crippen LogP contribution in [0.25, 0.3) is 0 Å². The van der Waals surface area contributed by atoms with Gasteiger partial charge in [-0.05, 0) is 37.8 Å². The summed E-state index contributed by atoms with van der Waals surface area (Å²) >= 11 is 0. The number of aryl methyl sites for hydroxylation is 2. The number of para-hydroxylation sites is 1. The second kappa shape index (κ2) is 6.99. The first-order chi connectivity index (χ1) is 12.9. The van der Waals surface area contributed by atoms with E-state index in [1.807, 2.05) is 19.1 Å². The molecule has 2 aliphatic heterocycles. The van der Waals surface area contributed by atoms with Crippen LogP contribution in [-0.4, -0.2) is 48.7 Å². The van der Waals surface area contributed by atoms with Gasteiger partial charge < -0.3 is 10.2 Å². The van der Waals surface area contributed by atoms with Crippen molar-refractivity contribution in [3.63, 3.8) is 0 Å². The Kier molecular flexibility index (Phi) is 4.67. The summed E-state index contributed by atoms with van der Waals surface area (Å²) in [6.45, 7) is 2.96. The van der Waals surface area contributed by atoms with E-state index < -0.39 is 9.84 Å². The normalized spacial score (nSPS) is 21.1. The lowest BCUT2D eigenvalue weighted by Gasteiger charge is -2.30. The van der Waals surface area contributed by atoms with Crippen molar-refractivity contribution in [3.05, 3.63) is 41.6 Å². The molecule has 2 aromatic rings. The fourth-order valence-electron chi connectivity index (χ4n) is 3.99. The zero-order chi connectivity index (χ0) is 19.0. The largest absolute Gasteiger partial charge is 0.362 e. The van der Waals surface area contributed by atoms with E-state index in [4.69, 9.17) is 0 Å². The third-order valence-corrected chi connectivity index (χ3v) is 6.97. The zero-order valence-corrected chi connectivity index (χ0v) is 16.2. The number of hydrogen-bond donors (Lipinski definition) is 1. The molecule has 1 aromatic carbocycles. The number of sulfone groups is 1. The van der Waals surface area contributed by atoms with Gasteiger partial charge in [0.1, 0.15) is 5.82 Å². The molecule has 8 heteroatoms. The zero-order valence-electron chi connectivity index (χ0n) is 15.4. The summed E-state index contributed by atoms with van der Waals surface area (Å²) in [4.78, 5) is 14.8. The maximum atomic E-state index is 12.7. The number of carbonyl (C=O) groups excluding carboxylic acids is 1. The van der Waals surface area contributed by atoms with Crippen LogP contribution < -0.4 is 10.2 Å². The van der Waals surface area contributed by atoms with Gasteiger partial charge in [-0.1, -0.05) is 18.2 Å². The monoisotopic (exact) mass is 388 g/mol. The minimum absolute atomic E-state index is 0.0799. The number of amides is 1. The van der Waals surface area contributed by atoms with Gasteiger partial charge in [-0.15, -0.1) is 0 Å². The molecule has 0 radical (unpaired) electrons.